The lowest BCUT2D eigenvalue weighted by atomic mass is 10.0. The molecule has 4 nitrogen and oxygen atoms in total. The summed E-state index contributed by atoms with van der Waals surface area (Å²) in [5.41, 5.74) is 0. The summed E-state index contributed by atoms with van der Waals surface area (Å²) in [6, 6.07) is 4.59. The van der Waals surface area contributed by atoms with Crippen molar-refractivity contribution in [3.05, 3.63) is 23.7 Å². The van der Waals surface area contributed by atoms with Crippen LogP contribution in [0.2, 0.25) is 0 Å². The molecule has 16 heavy (non-hydrogen) atoms. The van der Waals surface area contributed by atoms with E-state index >= 15 is 0 Å². The molecule has 2 unspecified atom stereocenters. The van der Waals surface area contributed by atoms with Crippen molar-refractivity contribution < 1.29 is 9.21 Å². The molecule has 2 fully saturated rings. The summed E-state index contributed by atoms with van der Waals surface area (Å²) in [5, 5.41) is 3.44. The fourth-order valence-corrected chi connectivity index (χ4v) is 2.69. The summed E-state index contributed by atoms with van der Waals surface area (Å²) in [5.74, 6) is 1.31. The summed E-state index contributed by atoms with van der Waals surface area (Å²) >= 11 is 0. The van der Waals surface area contributed by atoms with E-state index in [1.165, 1.54) is 0 Å². The fourth-order valence-electron chi connectivity index (χ4n) is 2.69. The van der Waals surface area contributed by atoms with E-state index in [0.29, 0.717) is 17.8 Å². The number of fused-ring (bicyclic) bond motifs is 2. The van der Waals surface area contributed by atoms with E-state index in [4.69, 9.17) is 4.42 Å². The van der Waals surface area contributed by atoms with Gasteiger partial charge >= 0.3 is 0 Å². The monoisotopic (exact) mass is 220 g/mol. The van der Waals surface area contributed by atoms with Gasteiger partial charge in [-0.05, 0) is 31.9 Å². The van der Waals surface area contributed by atoms with E-state index in [1.54, 1.807) is 6.07 Å². The number of piperidine rings is 1. The molecule has 1 aromatic heterocycles. The predicted octanol–water partition coefficient (Wildman–Crippen LogP) is 1.16. The van der Waals surface area contributed by atoms with Crippen LogP contribution >= 0.6 is 0 Å². The lowest BCUT2D eigenvalue weighted by Gasteiger charge is -2.31. The van der Waals surface area contributed by atoms with E-state index in [1.807, 2.05) is 17.9 Å². The Morgan fingerprint density at radius 2 is 2.44 bits per heavy atom. The van der Waals surface area contributed by atoms with Crippen LogP contribution in [0.4, 0.5) is 0 Å². The number of nitrogens with one attached hydrogen (secondary N) is 1. The maximum atomic E-state index is 12.2. The number of carbonyl (C=O) groups excluding carboxylic acids is 1. The molecule has 0 aliphatic carbocycles. The summed E-state index contributed by atoms with van der Waals surface area (Å²) in [7, 11) is 0. The van der Waals surface area contributed by atoms with Crippen molar-refractivity contribution in [3.63, 3.8) is 0 Å². The molecule has 0 radical (unpaired) electrons. The molecule has 0 spiro atoms. The first-order valence-corrected chi connectivity index (χ1v) is 5.85. The number of aryl methyl sites for hydroxylation is 1. The molecule has 1 N–H and O–H groups in total. The Balaban J connectivity index is 1.79. The molecular formula is C12H16N2O2. The minimum Gasteiger partial charge on any atom is -0.456 e. The number of furan rings is 1. The highest BCUT2D eigenvalue weighted by Crippen LogP contribution is 2.24. The van der Waals surface area contributed by atoms with Crippen LogP contribution in [0.5, 0.6) is 0 Å². The number of carbonyl (C=O) groups is 1. The van der Waals surface area contributed by atoms with Crippen LogP contribution < -0.4 is 5.32 Å². The van der Waals surface area contributed by atoms with E-state index < -0.39 is 0 Å². The molecule has 1 aromatic rings. The third-order valence-corrected chi connectivity index (χ3v) is 3.57. The first-order valence-electron chi connectivity index (χ1n) is 5.85. The van der Waals surface area contributed by atoms with E-state index in [0.717, 1.165) is 31.7 Å². The van der Waals surface area contributed by atoms with Crippen molar-refractivity contribution in [2.75, 3.05) is 13.1 Å². The second-order valence-electron chi connectivity index (χ2n) is 4.69. The molecule has 2 atom stereocenters. The normalized spacial score (nSPS) is 28.4. The van der Waals surface area contributed by atoms with Crippen LogP contribution in [-0.4, -0.2) is 36.0 Å². The first kappa shape index (κ1) is 9.90. The highest BCUT2D eigenvalue weighted by atomic mass is 16.3. The van der Waals surface area contributed by atoms with Gasteiger partial charge in [0.15, 0.2) is 5.76 Å². The molecule has 0 aromatic carbocycles. The Kier molecular flexibility index (Phi) is 2.24. The van der Waals surface area contributed by atoms with Crippen molar-refractivity contribution in [2.24, 2.45) is 0 Å². The Hall–Kier alpha value is -1.29. The van der Waals surface area contributed by atoms with E-state index in [2.05, 4.69) is 5.32 Å². The van der Waals surface area contributed by atoms with Gasteiger partial charge in [0.25, 0.3) is 5.91 Å². The van der Waals surface area contributed by atoms with Crippen LogP contribution in [0.15, 0.2) is 16.5 Å². The summed E-state index contributed by atoms with van der Waals surface area (Å²) < 4.78 is 5.39. The van der Waals surface area contributed by atoms with Crippen molar-refractivity contribution >= 4 is 5.91 Å². The standard InChI is InChI=1S/C12H16N2O2/c1-8-2-3-11(16-8)12(15)14-5-4-9-6-10(14)7-13-9/h2-3,9-10,13H,4-7H2,1H3. The molecule has 86 valence electrons. The van der Waals surface area contributed by atoms with Crippen LogP contribution in [0.1, 0.15) is 29.2 Å². The second kappa shape index (κ2) is 3.63. The van der Waals surface area contributed by atoms with E-state index in [-0.39, 0.29) is 5.91 Å². The van der Waals surface area contributed by atoms with Crippen molar-refractivity contribution in [1.82, 2.24) is 10.2 Å². The van der Waals surface area contributed by atoms with Gasteiger partial charge in [0.05, 0.1) is 0 Å². The summed E-state index contributed by atoms with van der Waals surface area (Å²) in [6.45, 7) is 3.64. The highest BCUT2D eigenvalue weighted by Gasteiger charge is 2.37. The molecule has 3 heterocycles. The van der Waals surface area contributed by atoms with Crippen molar-refractivity contribution in [3.8, 4) is 0 Å². The zero-order chi connectivity index (χ0) is 11.1. The summed E-state index contributed by atoms with van der Waals surface area (Å²) in [6.07, 6.45) is 2.15. The topological polar surface area (TPSA) is 45.5 Å². The molecule has 3 rings (SSSR count). The maximum absolute atomic E-state index is 12.2. The van der Waals surface area contributed by atoms with Gasteiger partial charge in [0, 0.05) is 25.2 Å². The molecule has 1 amide bonds. The fraction of sp³-hybridized carbons (Fsp3) is 0.583. The third-order valence-electron chi connectivity index (χ3n) is 3.57. The van der Waals surface area contributed by atoms with Gasteiger partial charge in [-0.25, -0.2) is 0 Å². The molecule has 2 aliphatic heterocycles. The molecule has 4 heteroatoms. The molecular weight excluding hydrogens is 204 g/mol. The van der Waals surface area contributed by atoms with E-state index in [9.17, 15) is 4.79 Å². The number of hydrogen-bond acceptors (Lipinski definition) is 3. The van der Waals surface area contributed by atoms with Gasteiger partial charge in [-0.3, -0.25) is 4.79 Å². The highest BCUT2D eigenvalue weighted by molar-refractivity contribution is 5.91. The predicted molar refractivity (Wildman–Crippen MR) is 59.3 cm³/mol. The number of hydrogen-bond donors (Lipinski definition) is 1. The van der Waals surface area contributed by atoms with Crippen LogP contribution in [0, 0.1) is 6.92 Å². The van der Waals surface area contributed by atoms with Crippen LogP contribution in [0.3, 0.4) is 0 Å². The van der Waals surface area contributed by atoms with Gasteiger partial charge in [0.1, 0.15) is 5.76 Å². The largest absolute Gasteiger partial charge is 0.456 e. The minimum atomic E-state index is 0.0419. The lowest BCUT2D eigenvalue weighted by molar-refractivity contribution is 0.0624. The minimum absolute atomic E-state index is 0.0419. The SMILES string of the molecule is Cc1ccc(C(=O)N2CCC3CC2CN3)o1. The number of amides is 1. The van der Waals surface area contributed by atoms with Gasteiger partial charge in [0.2, 0.25) is 0 Å². The van der Waals surface area contributed by atoms with Crippen LogP contribution in [0.25, 0.3) is 0 Å². The quantitative estimate of drug-likeness (QED) is 0.772. The maximum Gasteiger partial charge on any atom is 0.289 e. The number of likely N-dealkylation sites (tertiary alicyclic amines) is 1. The molecule has 2 bridgehead atoms. The van der Waals surface area contributed by atoms with Gasteiger partial charge < -0.3 is 14.6 Å². The van der Waals surface area contributed by atoms with Gasteiger partial charge in [-0.1, -0.05) is 0 Å². The summed E-state index contributed by atoms with van der Waals surface area (Å²) in [4.78, 5) is 14.2. The third kappa shape index (κ3) is 1.53. The Morgan fingerprint density at radius 3 is 3.19 bits per heavy atom. The first-order chi connectivity index (χ1) is 7.74. The molecule has 2 aliphatic rings. The molecule has 0 saturated carbocycles. The lowest BCUT2D eigenvalue weighted by Crippen LogP contribution is -2.44. The van der Waals surface area contributed by atoms with Gasteiger partial charge in [-0.2, -0.15) is 0 Å². The second-order valence-corrected chi connectivity index (χ2v) is 4.69. The van der Waals surface area contributed by atoms with Crippen molar-refractivity contribution in [1.29, 1.82) is 0 Å². The zero-order valence-corrected chi connectivity index (χ0v) is 9.40. The zero-order valence-electron chi connectivity index (χ0n) is 9.40. The van der Waals surface area contributed by atoms with Crippen LogP contribution in [-0.2, 0) is 0 Å². The average Bonchev–Trinajstić information content (AvgIpc) is 2.86. The average molecular weight is 220 g/mol. The number of rotatable bonds is 1. The van der Waals surface area contributed by atoms with Gasteiger partial charge in [-0.15, -0.1) is 0 Å². The number of nitrogens with zero attached hydrogens (tertiary/aromatic N) is 1. The smallest absolute Gasteiger partial charge is 0.289 e. The molecule has 2 saturated heterocycles. The Labute approximate surface area is 94.6 Å². The van der Waals surface area contributed by atoms with Crippen molar-refractivity contribution in [2.45, 2.75) is 31.8 Å². The Bertz CT molecular complexity index is 413. The Morgan fingerprint density at radius 1 is 1.56 bits per heavy atom.